The number of non-ortho nitro benzene ring substituents is 1. The highest BCUT2D eigenvalue weighted by Gasteiger charge is 2.22. The predicted octanol–water partition coefficient (Wildman–Crippen LogP) is 1.90. The standard InChI is InChI=1S/C15H16N2O4/c16-15(14(19)8-10-4-2-1-3-5-10)12-9-11(17(20)21)6-7-13(12)18/h1-7,9,14-15,18-19H,8,16H2/t14-,15+/m0/s1. The smallest absolute Gasteiger partial charge is 0.270 e. The zero-order valence-corrected chi connectivity index (χ0v) is 11.2. The van der Waals surface area contributed by atoms with Gasteiger partial charge in [0.25, 0.3) is 5.69 Å². The van der Waals surface area contributed by atoms with Crippen LogP contribution in [0.15, 0.2) is 48.5 Å². The number of aromatic hydroxyl groups is 1. The molecule has 0 aliphatic heterocycles. The molecule has 2 aromatic carbocycles. The van der Waals surface area contributed by atoms with E-state index in [9.17, 15) is 20.3 Å². The van der Waals surface area contributed by atoms with Gasteiger partial charge >= 0.3 is 0 Å². The molecule has 0 unspecified atom stereocenters. The van der Waals surface area contributed by atoms with Crippen LogP contribution in [-0.2, 0) is 6.42 Å². The minimum atomic E-state index is -0.958. The number of rotatable bonds is 5. The van der Waals surface area contributed by atoms with E-state index in [0.717, 1.165) is 5.56 Å². The molecule has 0 bridgehead atoms. The minimum Gasteiger partial charge on any atom is -0.508 e. The van der Waals surface area contributed by atoms with E-state index in [1.54, 1.807) is 0 Å². The van der Waals surface area contributed by atoms with Crippen LogP contribution in [-0.4, -0.2) is 21.2 Å². The Morgan fingerprint density at radius 1 is 1.19 bits per heavy atom. The fraction of sp³-hybridized carbons (Fsp3) is 0.200. The van der Waals surface area contributed by atoms with Crippen molar-refractivity contribution in [3.05, 3.63) is 69.8 Å². The van der Waals surface area contributed by atoms with E-state index < -0.39 is 17.1 Å². The fourth-order valence-corrected chi connectivity index (χ4v) is 2.11. The van der Waals surface area contributed by atoms with Gasteiger partial charge in [-0.25, -0.2) is 0 Å². The molecule has 2 aromatic rings. The van der Waals surface area contributed by atoms with Crippen molar-refractivity contribution in [1.29, 1.82) is 0 Å². The second-order valence-corrected chi connectivity index (χ2v) is 4.78. The first-order valence-corrected chi connectivity index (χ1v) is 6.44. The monoisotopic (exact) mass is 288 g/mol. The van der Waals surface area contributed by atoms with Crippen LogP contribution in [0.2, 0.25) is 0 Å². The van der Waals surface area contributed by atoms with Gasteiger partial charge in [-0.3, -0.25) is 10.1 Å². The molecular formula is C15H16N2O4. The number of nitro benzene ring substituents is 1. The Balaban J connectivity index is 2.20. The maximum atomic E-state index is 10.8. The summed E-state index contributed by atoms with van der Waals surface area (Å²) in [4.78, 5) is 10.2. The van der Waals surface area contributed by atoms with Crippen LogP contribution < -0.4 is 5.73 Å². The van der Waals surface area contributed by atoms with Crippen molar-refractivity contribution >= 4 is 5.69 Å². The number of nitrogens with two attached hydrogens (primary N) is 1. The Hall–Kier alpha value is -2.44. The van der Waals surface area contributed by atoms with Crippen LogP contribution in [0, 0.1) is 10.1 Å². The molecule has 0 aliphatic carbocycles. The van der Waals surface area contributed by atoms with E-state index in [0.29, 0.717) is 6.42 Å². The largest absolute Gasteiger partial charge is 0.508 e. The molecule has 0 heterocycles. The minimum absolute atomic E-state index is 0.160. The van der Waals surface area contributed by atoms with E-state index in [2.05, 4.69) is 0 Å². The average molecular weight is 288 g/mol. The molecule has 0 fully saturated rings. The zero-order chi connectivity index (χ0) is 15.4. The molecule has 0 spiro atoms. The first-order valence-electron chi connectivity index (χ1n) is 6.44. The molecule has 6 heteroatoms. The van der Waals surface area contributed by atoms with Crippen LogP contribution in [0.1, 0.15) is 17.2 Å². The molecule has 0 amide bonds. The summed E-state index contributed by atoms with van der Waals surface area (Å²) >= 11 is 0. The number of phenols is 1. The van der Waals surface area contributed by atoms with E-state index in [-0.39, 0.29) is 17.0 Å². The lowest BCUT2D eigenvalue weighted by atomic mass is 9.96. The van der Waals surface area contributed by atoms with Gasteiger partial charge in [-0.15, -0.1) is 0 Å². The summed E-state index contributed by atoms with van der Waals surface area (Å²) < 4.78 is 0. The summed E-state index contributed by atoms with van der Waals surface area (Å²) in [5, 5.41) is 30.7. The molecule has 21 heavy (non-hydrogen) atoms. The number of nitro groups is 1. The number of nitrogens with zero attached hydrogens (tertiary/aromatic N) is 1. The van der Waals surface area contributed by atoms with Gasteiger partial charge in [0.2, 0.25) is 0 Å². The highest BCUT2D eigenvalue weighted by molar-refractivity contribution is 5.45. The topological polar surface area (TPSA) is 110 Å². The SMILES string of the molecule is N[C@H](c1cc([N+](=O)[O-])ccc1O)[C@@H](O)Cc1ccccc1. The van der Waals surface area contributed by atoms with Gasteiger partial charge < -0.3 is 15.9 Å². The third kappa shape index (κ3) is 3.56. The van der Waals surface area contributed by atoms with Crippen molar-refractivity contribution in [3.8, 4) is 5.75 Å². The van der Waals surface area contributed by atoms with E-state index >= 15 is 0 Å². The molecule has 6 nitrogen and oxygen atoms in total. The van der Waals surface area contributed by atoms with Gasteiger partial charge in [-0.05, 0) is 11.6 Å². The second-order valence-electron chi connectivity index (χ2n) is 4.78. The number of aliphatic hydroxyl groups excluding tert-OH is 1. The predicted molar refractivity (Wildman–Crippen MR) is 77.8 cm³/mol. The third-order valence-corrected chi connectivity index (χ3v) is 3.28. The van der Waals surface area contributed by atoms with Crippen LogP contribution in [0.3, 0.4) is 0 Å². The molecule has 110 valence electrons. The molecule has 4 N–H and O–H groups in total. The summed E-state index contributed by atoms with van der Waals surface area (Å²) in [5.74, 6) is -0.166. The Morgan fingerprint density at radius 2 is 1.86 bits per heavy atom. The van der Waals surface area contributed by atoms with Crippen molar-refractivity contribution in [3.63, 3.8) is 0 Å². The summed E-state index contributed by atoms with van der Waals surface area (Å²) in [5.41, 5.74) is 6.80. The maximum Gasteiger partial charge on any atom is 0.270 e. The molecule has 0 aromatic heterocycles. The lowest BCUT2D eigenvalue weighted by molar-refractivity contribution is -0.385. The first kappa shape index (κ1) is 15.0. The number of aliphatic hydroxyl groups is 1. The van der Waals surface area contributed by atoms with Crippen molar-refractivity contribution in [1.82, 2.24) is 0 Å². The molecule has 2 rings (SSSR count). The van der Waals surface area contributed by atoms with Crippen molar-refractivity contribution in [2.24, 2.45) is 5.73 Å². The third-order valence-electron chi connectivity index (χ3n) is 3.28. The molecular weight excluding hydrogens is 272 g/mol. The lowest BCUT2D eigenvalue weighted by Crippen LogP contribution is -2.28. The maximum absolute atomic E-state index is 10.8. The van der Waals surface area contributed by atoms with Gasteiger partial charge in [0.1, 0.15) is 5.75 Å². The molecule has 0 saturated carbocycles. The Bertz CT molecular complexity index is 631. The summed E-state index contributed by atoms with van der Waals surface area (Å²) in [6.45, 7) is 0. The molecule has 0 radical (unpaired) electrons. The quantitative estimate of drug-likeness (QED) is 0.575. The second kappa shape index (κ2) is 6.34. The van der Waals surface area contributed by atoms with E-state index in [1.807, 2.05) is 30.3 Å². The van der Waals surface area contributed by atoms with Crippen molar-refractivity contribution in [2.45, 2.75) is 18.6 Å². The Morgan fingerprint density at radius 3 is 2.48 bits per heavy atom. The molecule has 0 saturated heterocycles. The van der Waals surface area contributed by atoms with Gasteiger partial charge in [0.15, 0.2) is 0 Å². The van der Waals surface area contributed by atoms with Crippen LogP contribution in [0.25, 0.3) is 0 Å². The lowest BCUT2D eigenvalue weighted by Gasteiger charge is -2.20. The van der Waals surface area contributed by atoms with Gasteiger partial charge in [-0.1, -0.05) is 30.3 Å². The fourth-order valence-electron chi connectivity index (χ4n) is 2.11. The van der Waals surface area contributed by atoms with Crippen molar-refractivity contribution in [2.75, 3.05) is 0 Å². The van der Waals surface area contributed by atoms with E-state index in [4.69, 9.17) is 5.73 Å². The Labute approximate surface area is 121 Å². The number of hydrogen-bond acceptors (Lipinski definition) is 5. The summed E-state index contributed by atoms with van der Waals surface area (Å²) in [7, 11) is 0. The van der Waals surface area contributed by atoms with Gasteiger partial charge in [-0.2, -0.15) is 0 Å². The van der Waals surface area contributed by atoms with E-state index in [1.165, 1.54) is 18.2 Å². The van der Waals surface area contributed by atoms with Gasteiger partial charge in [0, 0.05) is 24.1 Å². The van der Waals surface area contributed by atoms with Crippen LogP contribution in [0.4, 0.5) is 5.69 Å². The average Bonchev–Trinajstić information content (AvgIpc) is 2.47. The molecule has 0 aliphatic rings. The van der Waals surface area contributed by atoms with Crippen LogP contribution in [0.5, 0.6) is 5.75 Å². The van der Waals surface area contributed by atoms with Crippen molar-refractivity contribution < 1.29 is 15.1 Å². The highest BCUT2D eigenvalue weighted by atomic mass is 16.6. The number of hydrogen-bond donors (Lipinski definition) is 3. The number of benzene rings is 2. The summed E-state index contributed by atoms with van der Waals surface area (Å²) in [6.07, 6.45) is -0.662. The normalized spacial score (nSPS) is 13.6. The summed E-state index contributed by atoms with van der Waals surface area (Å²) in [6, 6.07) is 11.9. The zero-order valence-electron chi connectivity index (χ0n) is 11.2. The first-order chi connectivity index (χ1) is 9.99. The number of phenolic OH excluding ortho intramolecular Hbond substituents is 1. The van der Waals surface area contributed by atoms with Crippen LogP contribution >= 0.6 is 0 Å². The van der Waals surface area contributed by atoms with Gasteiger partial charge in [0.05, 0.1) is 17.1 Å². The highest BCUT2D eigenvalue weighted by Crippen LogP contribution is 2.29. The molecule has 2 atom stereocenters. The Kier molecular flexibility index (Phi) is 4.52.